The zero-order chi connectivity index (χ0) is 25.4. The van der Waals surface area contributed by atoms with E-state index >= 15 is 0 Å². The maximum atomic E-state index is 11.5. The molecule has 1 saturated carbocycles. The second-order valence-electron chi connectivity index (χ2n) is 9.48. The van der Waals surface area contributed by atoms with Gasteiger partial charge < -0.3 is 20.1 Å². The molecule has 5 rings (SSSR count). The van der Waals surface area contributed by atoms with Gasteiger partial charge in [0.2, 0.25) is 11.8 Å². The van der Waals surface area contributed by atoms with E-state index in [1.54, 1.807) is 29.9 Å². The van der Waals surface area contributed by atoms with E-state index < -0.39 is 5.97 Å². The van der Waals surface area contributed by atoms with Crippen molar-refractivity contribution in [1.29, 1.82) is 0 Å². The number of halogens is 1. The Morgan fingerprint density at radius 3 is 2.83 bits per heavy atom. The summed E-state index contributed by atoms with van der Waals surface area (Å²) in [5.41, 5.74) is 10.3. The number of carboxylic acids is 1. The van der Waals surface area contributed by atoms with Gasteiger partial charge in [-0.15, -0.1) is 0 Å². The summed E-state index contributed by atoms with van der Waals surface area (Å²) in [5, 5.41) is 13.7. The van der Waals surface area contributed by atoms with Crippen molar-refractivity contribution in [2.24, 2.45) is 18.9 Å². The van der Waals surface area contributed by atoms with Crippen LogP contribution in [0.15, 0.2) is 41.0 Å². The number of benzene rings is 1. The van der Waals surface area contributed by atoms with Crippen LogP contribution < -0.4 is 10.5 Å². The fraction of sp³-hybridized carbons (Fsp3) is 0.385. The highest BCUT2D eigenvalue weighted by Crippen LogP contribution is 2.41. The number of imidazole rings is 1. The molecule has 3 N–H and O–H groups in total. The molecule has 0 bridgehead atoms. The third kappa shape index (κ3) is 5.09. The van der Waals surface area contributed by atoms with E-state index in [1.807, 2.05) is 19.2 Å². The van der Waals surface area contributed by atoms with Crippen molar-refractivity contribution in [3.05, 3.63) is 52.3 Å². The molecule has 0 spiro atoms. The lowest BCUT2D eigenvalue weighted by Gasteiger charge is -2.19. The molecule has 0 aliphatic heterocycles. The fourth-order valence-corrected chi connectivity index (χ4v) is 5.16. The summed E-state index contributed by atoms with van der Waals surface area (Å²) in [4.78, 5) is 20.5. The number of aromatic carboxylic acids is 1. The molecule has 10 heteroatoms. The summed E-state index contributed by atoms with van der Waals surface area (Å²) >= 11 is 3.51. The number of anilines is 1. The van der Waals surface area contributed by atoms with E-state index in [0.717, 1.165) is 34.9 Å². The molecule has 3 heterocycles. The molecule has 1 aromatic carbocycles. The van der Waals surface area contributed by atoms with Crippen LogP contribution in [-0.4, -0.2) is 42.0 Å². The van der Waals surface area contributed by atoms with Gasteiger partial charge in [-0.2, -0.15) is 5.10 Å². The van der Waals surface area contributed by atoms with Crippen molar-refractivity contribution in [2.75, 3.05) is 12.3 Å². The third-order valence-corrected chi connectivity index (χ3v) is 7.26. The van der Waals surface area contributed by atoms with Gasteiger partial charge in [-0.3, -0.25) is 4.98 Å². The second kappa shape index (κ2) is 9.93. The SMILES string of the molecule is Cc1cc(C(=O)O)cc(-c2cnn(C)c2OCCC[C@H](Cn2c(N)nc3cc(Br)ccc32)C2CC2)n1. The number of pyridine rings is 1. The number of carboxylic acid groups (broad SMARTS) is 1. The minimum Gasteiger partial charge on any atom is -0.478 e. The highest BCUT2D eigenvalue weighted by Gasteiger charge is 2.32. The Labute approximate surface area is 217 Å². The highest BCUT2D eigenvalue weighted by atomic mass is 79.9. The number of rotatable bonds is 10. The number of nitrogens with zero attached hydrogens (tertiary/aromatic N) is 5. The average Bonchev–Trinajstić information content (AvgIpc) is 3.55. The van der Waals surface area contributed by atoms with E-state index in [2.05, 4.69) is 41.6 Å². The summed E-state index contributed by atoms with van der Waals surface area (Å²) in [5.74, 6) is 1.35. The molecule has 1 aliphatic carbocycles. The molecule has 1 fully saturated rings. The Kier molecular flexibility index (Phi) is 6.70. The number of aromatic nitrogens is 5. The minimum atomic E-state index is -0.988. The summed E-state index contributed by atoms with van der Waals surface area (Å²) in [6.07, 6.45) is 6.06. The van der Waals surface area contributed by atoms with Gasteiger partial charge in [0.1, 0.15) is 0 Å². The molecule has 36 heavy (non-hydrogen) atoms. The van der Waals surface area contributed by atoms with Gasteiger partial charge in [0.25, 0.3) is 0 Å². The maximum Gasteiger partial charge on any atom is 0.335 e. The Morgan fingerprint density at radius 2 is 2.08 bits per heavy atom. The lowest BCUT2D eigenvalue weighted by molar-refractivity contribution is 0.0696. The largest absolute Gasteiger partial charge is 0.478 e. The number of carbonyl (C=O) groups is 1. The first-order chi connectivity index (χ1) is 17.3. The van der Waals surface area contributed by atoms with Gasteiger partial charge >= 0.3 is 5.97 Å². The summed E-state index contributed by atoms with van der Waals surface area (Å²) in [6.45, 7) is 3.15. The smallest absolute Gasteiger partial charge is 0.335 e. The predicted molar refractivity (Wildman–Crippen MR) is 141 cm³/mol. The van der Waals surface area contributed by atoms with Crippen LogP contribution in [0.4, 0.5) is 5.95 Å². The van der Waals surface area contributed by atoms with Crippen molar-refractivity contribution in [2.45, 2.75) is 39.2 Å². The van der Waals surface area contributed by atoms with Crippen molar-refractivity contribution in [3.63, 3.8) is 0 Å². The highest BCUT2D eigenvalue weighted by molar-refractivity contribution is 9.10. The molecule has 188 valence electrons. The number of nitrogens with two attached hydrogens (primary N) is 1. The van der Waals surface area contributed by atoms with Crippen LogP contribution in [0.5, 0.6) is 5.88 Å². The van der Waals surface area contributed by atoms with E-state index in [0.29, 0.717) is 47.2 Å². The molecule has 1 aliphatic rings. The van der Waals surface area contributed by atoms with E-state index in [-0.39, 0.29) is 5.56 Å². The van der Waals surface area contributed by atoms with Crippen LogP contribution in [0.2, 0.25) is 0 Å². The first-order valence-electron chi connectivity index (χ1n) is 12.1. The van der Waals surface area contributed by atoms with Crippen molar-refractivity contribution in [3.8, 4) is 17.1 Å². The van der Waals surface area contributed by atoms with Crippen LogP contribution >= 0.6 is 15.9 Å². The molecule has 1 atom stereocenters. The van der Waals surface area contributed by atoms with Gasteiger partial charge in [0.05, 0.1) is 40.7 Å². The Morgan fingerprint density at radius 1 is 1.28 bits per heavy atom. The first kappa shape index (κ1) is 24.3. The molecule has 9 nitrogen and oxygen atoms in total. The molecule has 4 aromatic rings. The van der Waals surface area contributed by atoms with Crippen LogP contribution in [0.3, 0.4) is 0 Å². The maximum absolute atomic E-state index is 11.5. The summed E-state index contributed by atoms with van der Waals surface area (Å²) in [6, 6.07) is 9.19. The molecule has 0 amide bonds. The van der Waals surface area contributed by atoms with E-state index in [9.17, 15) is 9.90 Å². The number of aryl methyl sites for hydroxylation is 2. The number of nitrogen functional groups attached to an aromatic ring is 1. The van der Waals surface area contributed by atoms with Crippen LogP contribution in [0.25, 0.3) is 22.3 Å². The standard InChI is InChI=1S/C26H29BrN6O3/c1-15-10-18(25(34)35)11-21(30-15)20-13-29-32(2)24(20)36-9-3-4-17(16-5-6-16)14-33-23-8-7-19(27)12-22(23)31-26(33)28/h7-8,10-13,16-17H,3-6,9,14H2,1-2H3,(H2,28,31)(H,34,35)/t17-/m1/s1. The Hall–Kier alpha value is -3.40. The number of hydrogen-bond acceptors (Lipinski definition) is 6. The summed E-state index contributed by atoms with van der Waals surface area (Å²) < 4.78 is 10.9. The molecule has 0 radical (unpaired) electrons. The van der Waals surface area contributed by atoms with Crippen LogP contribution in [0, 0.1) is 18.8 Å². The third-order valence-electron chi connectivity index (χ3n) is 6.76. The van der Waals surface area contributed by atoms with Gasteiger partial charge in [0.15, 0.2) is 0 Å². The number of hydrogen-bond donors (Lipinski definition) is 2. The second-order valence-corrected chi connectivity index (χ2v) is 10.4. The topological polar surface area (TPSA) is 121 Å². The monoisotopic (exact) mass is 552 g/mol. The lowest BCUT2D eigenvalue weighted by atomic mass is 9.97. The molecular weight excluding hydrogens is 524 g/mol. The molecule has 0 saturated heterocycles. The number of fused-ring (bicyclic) bond motifs is 1. The minimum absolute atomic E-state index is 0.193. The first-order valence-corrected chi connectivity index (χ1v) is 12.9. The zero-order valence-corrected chi connectivity index (χ0v) is 21.9. The Balaban J connectivity index is 1.26. The van der Waals surface area contributed by atoms with Crippen LogP contribution in [-0.2, 0) is 13.6 Å². The van der Waals surface area contributed by atoms with Crippen LogP contribution in [0.1, 0.15) is 41.7 Å². The quantitative estimate of drug-likeness (QED) is 0.263. The normalized spacial score (nSPS) is 14.3. The van der Waals surface area contributed by atoms with Gasteiger partial charge in [-0.1, -0.05) is 15.9 Å². The lowest BCUT2D eigenvalue weighted by Crippen LogP contribution is -2.16. The molecular formula is C26H29BrN6O3. The molecule has 0 unspecified atom stereocenters. The van der Waals surface area contributed by atoms with E-state index in [1.165, 1.54) is 12.8 Å². The number of ether oxygens (including phenoxy) is 1. The van der Waals surface area contributed by atoms with Gasteiger partial charge in [-0.25, -0.2) is 14.5 Å². The predicted octanol–water partition coefficient (Wildman–Crippen LogP) is 5.07. The Bertz CT molecular complexity index is 1420. The average molecular weight is 553 g/mol. The van der Waals surface area contributed by atoms with Gasteiger partial charge in [0, 0.05) is 23.8 Å². The molecule has 3 aromatic heterocycles. The van der Waals surface area contributed by atoms with Crippen molar-refractivity contribution in [1.82, 2.24) is 24.3 Å². The van der Waals surface area contributed by atoms with Crippen molar-refractivity contribution >= 4 is 38.9 Å². The summed E-state index contributed by atoms with van der Waals surface area (Å²) in [7, 11) is 1.81. The van der Waals surface area contributed by atoms with Crippen molar-refractivity contribution < 1.29 is 14.6 Å². The fourth-order valence-electron chi connectivity index (χ4n) is 4.81. The van der Waals surface area contributed by atoms with E-state index in [4.69, 9.17) is 10.5 Å². The van der Waals surface area contributed by atoms with Gasteiger partial charge in [-0.05, 0) is 74.8 Å². The zero-order valence-electron chi connectivity index (χ0n) is 20.3.